The Morgan fingerprint density at radius 1 is 0.800 bits per heavy atom. The van der Waals surface area contributed by atoms with Gasteiger partial charge < -0.3 is 5.11 Å². The standard InChI is InChI=1S/C12H10IO.C5H5.Fe/c13-11-8-4-7-10(11)12(14)9-5-2-1-3-6-9;1-2-4-5-3-1;/h1-8,12,14H;1-5H;. The smallest absolute Gasteiger partial charge is 0.0869 e. The maximum atomic E-state index is 10.1. The largest absolute Gasteiger partial charge is 0.388 e. The fraction of sp³-hybridized carbons (Fsp3) is 0.0588. The van der Waals surface area contributed by atoms with Crippen molar-refractivity contribution in [2.75, 3.05) is 0 Å². The fourth-order valence-corrected chi connectivity index (χ4v) is 2.45. The molecular formula is C17H15FeIO. The molecule has 0 aromatic heterocycles. The Bertz CT molecular complexity index is 346. The molecule has 2 aliphatic carbocycles. The summed E-state index contributed by atoms with van der Waals surface area (Å²) in [5.74, 6) is 0.983. The minimum atomic E-state index is -0.502. The van der Waals surface area contributed by atoms with Gasteiger partial charge in [-0.05, 0) is 56.9 Å². The van der Waals surface area contributed by atoms with Crippen molar-refractivity contribution in [3.63, 3.8) is 0 Å². The Balaban J connectivity index is 0.000000283. The Labute approximate surface area is 147 Å². The van der Waals surface area contributed by atoms with E-state index in [1.807, 2.05) is 81.7 Å². The second-order valence-electron chi connectivity index (χ2n) is 4.10. The Morgan fingerprint density at radius 2 is 1.35 bits per heavy atom. The van der Waals surface area contributed by atoms with Crippen LogP contribution in [-0.2, 0) is 17.1 Å². The van der Waals surface area contributed by atoms with Crippen LogP contribution in [0.5, 0.6) is 0 Å². The molecule has 0 heterocycles. The Morgan fingerprint density at radius 3 is 1.80 bits per heavy atom. The first kappa shape index (κ1) is 18.5. The molecular weight excluding hydrogens is 403 g/mol. The first-order valence-corrected chi connectivity index (χ1v) is 7.17. The summed E-state index contributed by atoms with van der Waals surface area (Å²) in [6.07, 6.45) is 15.4. The number of rotatable bonds is 2. The third-order valence-corrected chi connectivity index (χ3v) is 3.74. The molecule has 1 nitrogen and oxygen atoms in total. The molecule has 0 bridgehead atoms. The predicted octanol–water partition coefficient (Wildman–Crippen LogP) is 3.91. The number of benzene rings is 1. The van der Waals surface area contributed by atoms with Crippen LogP contribution in [0.1, 0.15) is 11.7 Å². The van der Waals surface area contributed by atoms with Crippen molar-refractivity contribution in [2.24, 2.45) is 0 Å². The molecule has 0 aliphatic heterocycles. The molecule has 1 unspecified atom stereocenters. The van der Waals surface area contributed by atoms with E-state index in [0.717, 1.165) is 15.4 Å². The predicted molar refractivity (Wildman–Crippen MR) is 86.3 cm³/mol. The molecule has 104 valence electrons. The summed E-state index contributed by atoms with van der Waals surface area (Å²) < 4.78 is 1.11. The quantitative estimate of drug-likeness (QED) is 0.571. The summed E-state index contributed by atoms with van der Waals surface area (Å²) in [6.45, 7) is 0. The number of hydrogen-bond acceptors (Lipinski definition) is 1. The zero-order chi connectivity index (χ0) is 13.5. The molecule has 3 rings (SSSR count). The Hall–Kier alpha value is 0.429. The number of aliphatic hydroxyl groups is 1. The minimum absolute atomic E-state index is 0. The van der Waals surface area contributed by atoms with Gasteiger partial charge in [0.1, 0.15) is 0 Å². The van der Waals surface area contributed by atoms with E-state index in [1.54, 1.807) is 0 Å². The van der Waals surface area contributed by atoms with Crippen molar-refractivity contribution in [3.8, 4) is 0 Å². The average molecular weight is 418 g/mol. The normalized spacial score (nSPS) is 20.9. The summed E-state index contributed by atoms with van der Waals surface area (Å²) in [5, 5.41) is 10.1. The van der Waals surface area contributed by atoms with Gasteiger partial charge in [0.25, 0.3) is 0 Å². The van der Waals surface area contributed by atoms with Gasteiger partial charge in [-0.2, -0.15) is 0 Å². The molecule has 3 heteroatoms. The Kier molecular flexibility index (Phi) is 9.43. The molecule has 0 spiro atoms. The van der Waals surface area contributed by atoms with Crippen molar-refractivity contribution in [3.05, 3.63) is 97.1 Å². The van der Waals surface area contributed by atoms with Gasteiger partial charge in [-0.1, -0.05) is 52.9 Å². The maximum absolute atomic E-state index is 10.1. The van der Waals surface area contributed by atoms with Gasteiger partial charge in [0, 0.05) is 23.0 Å². The second-order valence-corrected chi connectivity index (χ2v) is 5.27. The van der Waals surface area contributed by atoms with E-state index >= 15 is 0 Å². The van der Waals surface area contributed by atoms with Crippen molar-refractivity contribution in [1.29, 1.82) is 0 Å². The van der Waals surface area contributed by atoms with Gasteiger partial charge in [0.2, 0.25) is 0 Å². The van der Waals surface area contributed by atoms with Gasteiger partial charge in [0.15, 0.2) is 0 Å². The van der Waals surface area contributed by atoms with Gasteiger partial charge >= 0.3 is 0 Å². The molecule has 0 amide bonds. The van der Waals surface area contributed by atoms with E-state index in [2.05, 4.69) is 22.6 Å². The van der Waals surface area contributed by atoms with Gasteiger partial charge in [-0.3, -0.25) is 0 Å². The van der Waals surface area contributed by atoms with E-state index in [0.29, 0.717) is 0 Å². The van der Waals surface area contributed by atoms with Crippen molar-refractivity contribution < 1.29 is 22.2 Å². The molecule has 1 atom stereocenters. The van der Waals surface area contributed by atoms with Crippen LogP contribution in [0.15, 0.2) is 30.3 Å². The molecule has 2 fully saturated rings. The van der Waals surface area contributed by atoms with Crippen LogP contribution in [0.4, 0.5) is 0 Å². The summed E-state index contributed by atoms with van der Waals surface area (Å²) in [5.41, 5.74) is 0.941. The van der Waals surface area contributed by atoms with Crippen LogP contribution in [0, 0.1) is 61.2 Å². The summed E-state index contributed by atoms with van der Waals surface area (Å²) in [7, 11) is 0. The van der Waals surface area contributed by atoms with Crippen LogP contribution in [0.25, 0.3) is 0 Å². The average Bonchev–Trinajstić information content (AvgIpc) is 3.13. The van der Waals surface area contributed by atoms with Crippen LogP contribution < -0.4 is 0 Å². The maximum Gasteiger partial charge on any atom is 0.0869 e. The second kappa shape index (κ2) is 10.2. The van der Waals surface area contributed by atoms with Crippen LogP contribution in [0.2, 0.25) is 0 Å². The van der Waals surface area contributed by atoms with Gasteiger partial charge in [0.05, 0.1) is 10.0 Å². The van der Waals surface area contributed by atoms with Crippen molar-refractivity contribution in [2.45, 2.75) is 6.10 Å². The molecule has 0 saturated heterocycles. The van der Waals surface area contributed by atoms with E-state index in [9.17, 15) is 5.11 Å². The molecule has 1 aromatic carbocycles. The number of hydrogen-bond donors (Lipinski definition) is 1. The summed E-state index contributed by atoms with van der Waals surface area (Å²) in [4.78, 5) is 0. The van der Waals surface area contributed by atoms with E-state index < -0.39 is 6.10 Å². The van der Waals surface area contributed by atoms with Crippen molar-refractivity contribution >= 4 is 22.6 Å². The topological polar surface area (TPSA) is 20.2 Å². The molecule has 1 N–H and O–H groups in total. The van der Waals surface area contributed by atoms with Crippen LogP contribution >= 0.6 is 22.6 Å². The zero-order valence-corrected chi connectivity index (χ0v) is 14.0. The zero-order valence-electron chi connectivity index (χ0n) is 10.8. The van der Waals surface area contributed by atoms with Crippen LogP contribution in [0.3, 0.4) is 0 Å². The molecule has 1 aromatic rings. The third-order valence-electron chi connectivity index (χ3n) is 2.76. The monoisotopic (exact) mass is 418 g/mol. The molecule has 2 aliphatic rings. The SMILES string of the molecule is OC([C]1[CH][CH][CH][C]1I)c1ccccc1.[CH]1[CH][CH][CH][CH]1.[Fe]. The minimum Gasteiger partial charge on any atom is -0.388 e. The molecule has 2 saturated carbocycles. The summed E-state index contributed by atoms with van der Waals surface area (Å²) in [6, 6.07) is 9.70. The first-order valence-electron chi connectivity index (χ1n) is 6.10. The van der Waals surface area contributed by atoms with Crippen LogP contribution in [-0.4, -0.2) is 5.11 Å². The fourth-order valence-electron chi connectivity index (χ4n) is 1.77. The van der Waals surface area contributed by atoms with Gasteiger partial charge in [-0.25, -0.2) is 0 Å². The first-order chi connectivity index (χ1) is 9.29. The number of halogens is 1. The number of aliphatic hydroxyl groups excluding tert-OH is 1. The van der Waals surface area contributed by atoms with E-state index in [4.69, 9.17) is 0 Å². The van der Waals surface area contributed by atoms with E-state index in [-0.39, 0.29) is 17.1 Å². The summed E-state index contributed by atoms with van der Waals surface area (Å²) >= 11 is 2.24. The molecule has 20 heavy (non-hydrogen) atoms. The third kappa shape index (κ3) is 5.67. The van der Waals surface area contributed by atoms with E-state index in [1.165, 1.54) is 0 Å². The van der Waals surface area contributed by atoms with Gasteiger partial charge in [-0.15, -0.1) is 0 Å². The van der Waals surface area contributed by atoms with Crippen molar-refractivity contribution in [1.82, 2.24) is 0 Å². The molecule has 10 radical (unpaired) electrons.